The average molecular weight is 326 g/mol. The van der Waals surface area contributed by atoms with Crippen LogP contribution < -0.4 is 5.32 Å². The predicted molar refractivity (Wildman–Crippen MR) is 83.6 cm³/mol. The standard InChI is InChI=1S/C15H10N4O5/c1-9-13(18(21)22)6-11(7-14(9)19(23)24)15(20)17-12-4-2-3-10(5-12)8-16/h2-7H,1H3,(H,17,20). The Hall–Kier alpha value is -3.80. The number of anilines is 1. The maximum Gasteiger partial charge on any atom is 0.279 e. The second-order valence-electron chi connectivity index (χ2n) is 4.80. The highest BCUT2D eigenvalue weighted by Crippen LogP contribution is 2.29. The van der Waals surface area contributed by atoms with Crippen molar-refractivity contribution in [3.05, 3.63) is 73.3 Å². The third-order valence-electron chi connectivity index (χ3n) is 3.26. The molecule has 9 heteroatoms. The number of rotatable bonds is 4. The Labute approximate surface area is 135 Å². The van der Waals surface area contributed by atoms with Crippen LogP contribution in [0.2, 0.25) is 0 Å². The van der Waals surface area contributed by atoms with Crippen LogP contribution in [0.4, 0.5) is 17.1 Å². The first-order chi connectivity index (χ1) is 11.3. The Morgan fingerprint density at radius 2 is 1.71 bits per heavy atom. The van der Waals surface area contributed by atoms with Crippen molar-refractivity contribution in [3.63, 3.8) is 0 Å². The molecule has 120 valence electrons. The summed E-state index contributed by atoms with van der Waals surface area (Å²) in [4.78, 5) is 32.7. The zero-order valence-corrected chi connectivity index (χ0v) is 12.3. The lowest BCUT2D eigenvalue weighted by molar-refractivity contribution is -0.395. The number of hydrogen-bond acceptors (Lipinski definition) is 6. The summed E-state index contributed by atoms with van der Waals surface area (Å²) in [5.41, 5.74) is -0.770. The molecule has 1 N–H and O–H groups in total. The number of nitrogens with one attached hydrogen (secondary N) is 1. The molecule has 24 heavy (non-hydrogen) atoms. The van der Waals surface area contributed by atoms with E-state index in [9.17, 15) is 25.0 Å². The molecule has 2 aromatic carbocycles. The van der Waals surface area contributed by atoms with Gasteiger partial charge in [0.25, 0.3) is 17.3 Å². The van der Waals surface area contributed by atoms with Crippen molar-refractivity contribution in [1.82, 2.24) is 0 Å². The molecule has 0 saturated carbocycles. The van der Waals surface area contributed by atoms with Gasteiger partial charge in [0, 0.05) is 17.8 Å². The van der Waals surface area contributed by atoms with Crippen LogP contribution in [0.15, 0.2) is 36.4 Å². The van der Waals surface area contributed by atoms with Gasteiger partial charge in [0.05, 0.1) is 27.0 Å². The average Bonchev–Trinajstić information content (AvgIpc) is 2.54. The molecule has 2 rings (SSSR count). The van der Waals surface area contributed by atoms with Crippen LogP contribution in [0.1, 0.15) is 21.5 Å². The maximum atomic E-state index is 12.2. The fourth-order valence-corrected chi connectivity index (χ4v) is 2.06. The number of amides is 1. The maximum absolute atomic E-state index is 12.2. The number of hydrogen-bond donors (Lipinski definition) is 1. The summed E-state index contributed by atoms with van der Waals surface area (Å²) >= 11 is 0. The van der Waals surface area contributed by atoms with E-state index in [0.29, 0.717) is 11.3 Å². The number of benzene rings is 2. The van der Waals surface area contributed by atoms with Crippen molar-refractivity contribution < 1.29 is 14.6 Å². The van der Waals surface area contributed by atoms with Crippen LogP contribution in [0.5, 0.6) is 0 Å². The van der Waals surface area contributed by atoms with Gasteiger partial charge in [0.1, 0.15) is 5.56 Å². The fourth-order valence-electron chi connectivity index (χ4n) is 2.06. The highest BCUT2D eigenvalue weighted by atomic mass is 16.6. The van der Waals surface area contributed by atoms with Gasteiger partial charge in [0.2, 0.25) is 0 Å². The molecular formula is C15H10N4O5. The van der Waals surface area contributed by atoms with Crippen LogP contribution in [-0.2, 0) is 0 Å². The van der Waals surface area contributed by atoms with Gasteiger partial charge in [-0.15, -0.1) is 0 Å². The van der Waals surface area contributed by atoms with Crippen LogP contribution in [0.25, 0.3) is 0 Å². The van der Waals surface area contributed by atoms with Crippen molar-refractivity contribution >= 4 is 23.0 Å². The number of nitro groups is 2. The quantitative estimate of drug-likeness (QED) is 0.676. The summed E-state index contributed by atoms with van der Waals surface area (Å²) in [6.45, 7) is 1.24. The van der Waals surface area contributed by atoms with E-state index < -0.39 is 27.1 Å². The molecule has 0 aliphatic rings. The summed E-state index contributed by atoms with van der Waals surface area (Å²) in [6.07, 6.45) is 0. The summed E-state index contributed by atoms with van der Waals surface area (Å²) in [5, 5.41) is 33.3. The van der Waals surface area contributed by atoms with E-state index in [0.717, 1.165) is 12.1 Å². The Balaban J connectivity index is 2.43. The van der Waals surface area contributed by atoms with Gasteiger partial charge in [-0.25, -0.2) is 0 Å². The van der Waals surface area contributed by atoms with Crippen molar-refractivity contribution in [2.75, 3.05) is 5.32 Å². The molecule has 0 atom stereocenters. The second kappa shape index (κ2) is 6.53. The Bertz CT molecular complexity index is 866. The molecule has 0 spiro atoms. The molecule has 0 aliphatic carbocycles. The lowest BCUT2D eigenvalue weighted by Gasteiger charge is -2.07. The zero-order chi connectivity index (χ0) is 17.9. The first-order valence-corrected chi connectivity index (χ1v) is 6.58. The number of nitriles is 1. The second-order valence-corrected chi connectivity index (χ2v) is 4.80. The predicted octanol–water partition coefficient (Wildman–Crippen LogP) is 2.94. The van der Waals surface area contributed by atoms with Gasteiger partial charge < -0.3 is 5.32 Å². The summed E-state index contributed by atoms with van der Waals surface area (Å²) < 4.78 is 0. The Kier molecular flexibility index (Phi) is 4.51. The first-order valence-electron chi connectivity index (χ1n) is 6.58. The van der Waals surface area contributed by atoms with E-state index >= 15 is 0 Å². The first kappa shape index (κ1) is 16.6. The third-order valence-corrected chi connectivity index (χ3v) is 3.26. The third kappa shape index (κ3) is 3.33. The molecule has 0 unspecified atom stereocenters. The number of carbonyl (C=O) groups is 1. The minimum absolute atomic E-state index is 0.131. The monoisotopic (exact) mass is 326 g/mol. The summed E-state index contributed by atoms with van der Waals surface area (Å²) in [6, 6.07) is 9.89. The minimum Gasteiger partial charge on any atom is -0.322 e. The molecule has 0 fully saturated rings. The summed E-state index contributed by atoms with van der Waals surface area (Å²) in [5.74, 6) is -0.753. The van der Waals surface area contributed by atoms with E-state index in [-0.39, 0.29) is 11.1 Å². The minimum atomic E-state index is -0.782. The number of nitro benzene ring substituents is 2. The Morgan fingerprint density at radius 3 is 2.21 bits per heavy atom. The van der Waals surface area contributed by atoms with E-state index in [1.54, 1.807) is 6.07 Å². The van der Waals surface area contributed by atoms with Crippen molar-refractivity contribution in [2.45, 2.75) is 6.92 Å². The molecule has 1 amide bonds. The molecule has 0 radical (unpaired) electrons. The van der Waals surface area contributed by atoms with E-state index in [1.807, 2.05) is 6.07 Å². The highest BCUT2D eigenvalue weighted by Gasteiger charge is 2.25. The Morgan fingerprint density at radius 1 is 1.12 bits per heavy atom. The zero-order valence-electron chi connectivity index (χ0n) is 12.3. The molecule has 2 aromatic rings. The van der Waals surface area contributed by atoms with Gasteiger partial charge in [-0.1, -0.05) is 6.07 Å². The largest absolute Gasteiger partial charge is 0.322 e. The normalized spacial score (nSPS) is 9.83. The molecule has 9 nitrogen and oxygen atoms in total. The van der Waals surface area contributed by atoms with Gasteiger partial charge in [-0.2, -0.15) is 5.26 Å². The van der Waals surface area contributed by atoms with E-state index in [4.69, 9.17) is 5.26 Å². The van der Waals surface area contributed by atoms with Gasteiger partial charge >= 0.3 is 0 Å². The summed E-state index contributed by atoms with van der Waals surface area (Å²) in [7, 11) is 0. The molecule has 0 heterocycles. The van der Waals surface area contributed by atoms with Crippen LogP contribution >= 0.6 is 0 Å². The molecular weight excluding hydrogens is 316 g/mol. The lowest BCUT2D eigenvalue weighted by Crippen LogP contribution is -2.13. The van der Waals surface area contributed by atoms with Gasteiger partial charge in [0.15, 0.2) is 0 Å². The SMILES string of the molecule is Cc1c([N+](=O)[O-])cc(C(=O)Nc2cccc(C#N)c2)cc1[N+](=O)[O-]. The lowest BCUT2D eigenvalue weighted by atomic mass is 10.1. The molecule has 0 bridgehead atoms. The molecule has 0 aliphatic heterocycles. The van der Waals surface area contributed by atoms with Crippen LogP contribution in [0, 0.1) is 38.5 Å². The van der Waals surface area contributed by atoms with Crippen LogP contribution in [-0.4, -0.2) is 15.8 Å². The topological polar surface area (TPSA) is 139 Å². The number of nitrogens with zero attached hydrogens (tertiary/aromatic N) is 3. The van der Waals surface area contributed by atoms with Crippen molar-refractivity contribution in [2.24, 2.45) is 0 Å². The van der Waals surface area contributed by atoms with Gasteiger partial charge in [-0.05, 0) is 25.1 Å². The molecule has 0 saturated heterocycles. The number of carbonyl (C=O) groups excluding carboxylic acids is 1. The van der Waals surface area contributed by atoms with Gasteiger partial charge in [-0.3, -0.25) is 25.0 Å². The smallest absolute Gasteiger partial charge is 0.279 e. The van der Waals surface area contributed by atoms with E-state index in [2.05, 4.69) is 5.32 Å². The van der Waals surface area contributed by atoms with Crippen molar-refractivity contribution in [1.29, 1.82) is 5.26 Å². The highest BCUT2D eigenvalue weighted by molar-refractivity contribution is 6.05. The molecule has 0 aromatic heterocycles. The van der Waals surface area contributed by atoms with Crippen LogP contribution in [0.3, 0.4) is 0 Å². The van der Waals surface area contributed by atoms with E-state index in [1.165, 1.54) is 25.1 Å². The van der Waals surface area contributed by atoms with Crippen molar-refractivity contribution in [3.8, 4) is 6.07 Å². The fraction of sp³-hybridized carbons (Fsp3) is 0.0667.